The van der Waals surface area contributed by atoms with Crippen molar-refractivity contribution < 1.29 is 32.3 Å². The van der Waals surface area contributed by atoms with E-state index in [-0.39, 0.29) is 50.1 Å². The Balaban J connectivity index is 1.96. The zero-order chi connectivity index (χ0) is 25.7. The Kier molecular flexibility index (Phi) is 5.88. The number of carbonyl (C=O) groups is 2. The van der Waals surface area contributed by atoms with Crippen LogP contribution in [0.25, 0.3) is 11.0 Å². The molecule has 180 valence electrons. The minimum absolute atomic E-state index is 0.00814. The normalized spacial score (nSPS) is 16.5. The van der Waals surface area contributed by atoms with Crippen LogP contribution in [0.2, 0.25) is 0 Å². The molecule has 1 aromatic heterocycles. The van der Waals surface area contributed by atoms with Gasteiger partial charge in [0.05, 0.1) is 16.9 Å². The first kappa shape index (κ1) is 24.0. The van der Waals surface area contributed by atoms with E-state index in [1.807, 2.05) is 0 Å². The fourth-order valence-electron chi connectivity index (χ4n) is 4.39. The Morgan fingerprint density at radius 2 is 1.60 bits per heavy atom. The third-order valence-electron chi connectivity index (χ3n) is 5.92. The van der Waals surface area contributed by atoms with E-state index >= 15 is 0 Å². The summed E-state index contributed by atoms with van der Waals surface area (Å²) in [4.78, 5) is 38.4. The number of ketones is 1. The van der Waals surface area contributed by atoms with Crippen LogP contribution in [0, 0.1) is 6.92 Å². The van der Waals surface area contributed by atoms with Crippen LogP contribution >= 0.6 is 0 Å². The average molecular weight is 482 g/mol. The van der Waals surface area contributed by atoms with Crippen molar-refractivity contribution in [2.45, 2.75) is 32.9 Å². The monoisotopic (exact) mass is 482 g/mol. The number of allylic oxidation sites excluding steroid dienone is 3. The van der Waals surface area contributed by atoms with Crippen molar-refractivity contribution in [3.8, 4) is 0 Å². The van der Waals surface area contributed by atoms with E-state index in [1.54, 1.807) is 26.0 Å². The molecule has 6 nitrogen and oxygen atoms in total. The molecular formula is C26H19F3NO5-. The lowest BCUT2D eigenvalue weighted by Crippen LogP contribution is -2.37. The smallest absolute Gasteiger partial charge is 0.416 e. The van der Waals surface area contributed by atoms with Crippen molar-refractivity contribution in [3.63, 3.8) is 0 Å². The second-order valence-electron chi connectivity index (χ2n) is 8.27. The lowest BCUT2D eigenvalue weighted by atomic mass is 9.77. The number of aliphatic carboxylic acids is 1. The van der Waals surface area contributed by atoms with E-state index < -0.39 is 29.4 Å². The molecule has 35 heavy (non-hydrogen) atoms. The fourth-order valence-corrected chi connectivity index (χ4v) is 4.39. The minimum atomic E-state index is -4.58. The number of nitrogens with one attached hydrogen (secondary N) is 1. The predicted molar refractivity (Wildman–Crippen MR) is 119 cm³/mol. The highest BCUT2D eigenvalue weighted by Crippen LogP contribution is 2.42. The number of aryl methyl sites for hydroxylation is 1. The molecule has 0 spiro atoms. The van der Waals surface area contributed by atoms with E-state index in [4.69, 9.17) is 4.42 Å². The number of dihydropyridines is 1. The molecule has 1 aliphatic rings. The van der Waals surface area contributed by atoms with E-state index in [1.165, 1.54) is 19.1 Å². The lowest BCUT2D eigenvalue weighted by Gasteiger charge is -2.32. The van der Waals surface area contributed by atoms with Gasteiger partial charge in [-0.1, -0.05) is 24.3 Å². The van der Waals surface area contributed by atoms with Gasteiger partial charge in [0.2, 0.25) is 0 Å². The summed E-state index contributed by atoms with van der Waals surface area (Å²) < 4.78 is 44.8. The number of hydrogen-bond acceptors (Lipinski definition) is 6. The molecule has 0 fully saturated rings. The van der Waals surface area contributed by atoms with Crippen LogP contribution in [-0.4, -0.2) is 11.8 Å². The highest BCUT2D eigenvalue weighted by atomic mass is 19.4. The summed E-state index contributed by atoms with van der Waals surface area (Å²) in [6.45, 7) is 4.64. The van der Waals surface area contributed by atoms with Gasteiger partial charge in [0.15, 0.2) is 11.2 Å². The number of carboxylic acids is 1. The molecule has 2 aromatic carbocycles. The number of carboxylic acid groups (broad SMARTS) is 1. The van der Waals surface area contributed by atoms with Gasteiger partial charge in [-0.3, -0.25) is 9.59 Å². The molecule has 0 bridgehead atoms. The van der Waals surface area contributed by atoms with E-state index in [0.29, 0.717) is 5.70 Å². The SMILES string of the molecule is CC1=C(C(=O)[O-])C(c2cccc3c(=O)cc(C)oc23)C(C(=O)c2ccc(C(F)(F)F)cc2)=C(C)N1. The van der Waals surface area contributed by atoms with Gasteiger partial charge in [-0.15, -0.1) is 0 Å². The van der Waals surface area contributed by atoms with Crippen LogP contribution in [0.1, 0.15) is 47.0 Å². The Hall–Kier alpha value is -4.14. The first-order valence-corrected chi connectivity index (χ1v) is 10.6. The molecule has 0 aliphatic carbocycles. The van der Waals surface area contributed by atoms with Crippen molar-refractivity contribution in [2.24, 2.45) is 0 Å². The number of para-hydroxylation sites is 1. The van der Waals surface area contributed by atoms with Gasteiger partial charge in [-0.05, 0) is 39.0 Å². The van der Waals surface area contributed by atoms with Crippen molar-refractivity contribution in [3.05, 3.63) is 104 Å². The molecular weight excluding hydrogens is 463 g/mol. The van der Waals surface area contributed by atoms with Gasteiger partial charge >= 0.3 is 6.18 Å². The molecule has 1 atom stereocenters. The number of rotatable bonds is 4. The fraction of sp³-hybridized carbons (Fsp3) is 0.192. The maximum Gasteiger partial charge on any atom is 0.416 e. The summed E-state index contributed by atoms with van der Waals surface area (Å²) in [7, 11) is 0. The summed E-state index contributed by atoms with van der Waals surface area (Å²) >= 11 is 0. The van der Waals surface area contributed by atoms with Gasteiger partial charge < -0.3 is 19.6 Å². The lowest BCUT2D eigenvalue weighted by molar-refractivity contribution is -0.299. The van der Waals surface area contributed by atoms with Gasteiger partial charge in [0.25, 0.3) is 0 Å². The third kappa shape index (κ3) is 4.25. The van der Waals surface area contributed by atoms with Gasteiger partial charge in [-0.2, -0.15) is 13.2 Å². The molecule has 1 N–H and O–H groups in total. The summed E-state index contributed by atoms with van der Waals surface area (Å²) in [5.41, 5.74) is -0.678. The summed E-state index contributed by atoms with van der Waals surface area (Å²) in [6.07, 6.45) is -4.58. The first-order valence-electron chi connectivity index (χ1n) is 10.6. The molecule has 3 aromatic rings. The van der Waals surface area contributed by atoms with Crippen LogP contribution in [0.15, 0.2) is 80.3 Å². The number of halogens is 3. The zero-order valence-electron chi connectivity index (χ0n) is 18.9. The van der Waals surface area contributed by atoms with Gasteiger partial charge in [0, 0.05) is 45.7 Å². The maximum absolute atomic E-state index is 13.6. The second-order valence-corrected chi connectivity index (χ2v) is 8.27. The number of carbonyl (C=O) groups excluding carboxylic acids is 2. The van der Waals surface area contributed by atoms with Gasteiger partial charge in [-0.25, -0.2) is 0 Å². The van der Waals surface area contributed by atoms with Crippen LogP contribution in [-0.2, 0) is 11.0 Å². The highest BCUT2D eigenvalue weighted by Gasteiger charge is 2.36. The molecule has 0 amide bonds. The maximum atomic E-state index is 13.6. The van der Waals surface area contributed by atoms with Crippen LogP contribution in [0.3, 0.4) is 0 Å². The Bertz CT molecular complexity index is 1490. The summed E-state index contributed by atoms with van der Waals surface area (Å²) in [5.74, 6) is -3.13. The number of benzene rings is 2. The van der Waals surface area contributed by atoms with E-state index in [0.717, 1.165) is 24.3 Å². The predicted octanol–water partition coefficient (Wildman–Crippen LogP) is 3.99. The molecule has 0 saturated carbocycles. The molecule has 1 aliphatic heterocycles. The number of hydrogen-bond donors (Lipinski definition) is 1. The minimum Gasteiger partial charge on any atom is -0.545 e. The second kappa shape index (κ2) is 8.57. The molecule has 9 heteroatoms. The van der Waals surface area contributed by atoms with Crippen molar-refractivity contribution >= 4 is 22.7 Å². The van der Waals surface area contributed by atoms with Crippen LogP contribution in [0.5, 0.6) is 0 Å². The number of alkyl halides is 3. The quantitative estimate of drug-likeness (QED) is 0.565. The summed E-state index contributed by atoms with van der Waals surface area (Å²) in [6, 6.07) is 9.57. The first-order chi connectivity index (χ1) is 16.4. The Morgan fingerprint density at radius 3 is 2.20 bits per heavy atom. The van der Waals surface area contributed by atoms with Gasteiger partial charge in [0.1, 0.15) is 11.3 Å². The highest BCUT2D eigenvalue weighted by molar-refractivity contribution is 6.12. The van der Waals surface area contributed by atoms with Crippen molar-refractivity contribution in [1.82, 2.24) is 5.32 Å². The third-order valence-corrected chi connectivity index (χ3v) is 5.92. The zero-order valence-corrected chi connectivity index (χ0v) is 18.9. The average Bonchev–Trinajstić information content (AvgIpc) is 2.77. The topological polar surface area (TPSA) is 99.4 Å². The summed E-state index contributed by atoms with van der Waals surface area (Å²) in [5, 5.41) is 15.3. The largest absolute Gasteiger partial charge is 0.545 e. The van der Waals surface area contributed by atoms with E-state index in [9.17, 15) is 32.7 Å². The Morgan fingerprint density at radius 1 is 0.971 bits per heavy atom. The standard InChI is InChI=1S/C26H20F3NO5/c1-12-11-19(31)17-5-4-6-18(24(17)35-12)22-20(13(2)30-14(3)21(22)25(33)34)23(32)15-7-9-16(10-8-15)26(27,28)29/h4-11,22,30H,1-3H3,(H,33,34)/p-1. The molecule has 0 radical (unpaired) electrons. The van der Waals surface area contributed by atoms with Crippen molar-refractivity contribution in [1.29, 1.82) is 0 Å². The van der Waals surface area contributed by atoms with Crippen LogP contribution < -0.4 is 15.9 Å². The molecule has 0 saturated heterocycles. The number of Topliss-reactive ketones (excluding diaryl/α,β-unsaturated/α-hetero) is 1. The van der Waals surface area contributed by atoms with E-state index in [2.05, 4.69) is 5.32 Å². The number of fused-ring (bicyclic) bond motifs is 1. The van der Waals surface area contributed by atoms with Crippen LogP contribution in [0.4, 0.5) is 13.2 Å². The van der Waals surface area contributed by atoms with Crippen molar-refractivity contribution in [2.75, 3.05) is 0 Å². The molecule has 1 unspecified atom stereocenters. The molecule has 4 rings (SSSR count). The Labute approximate surface area is 197 Å². The molecule has 2 heterocycles.